The van der Waals surface area contributed by atoms with Crippen molar-refractivity contribution >= 4 is 21.6 Å². The van der Waals surface area contributed by atoms with Crippen molar-refractivity contribution in [3.63, 3.8) is 0 Å². The number of hydrogen-bond acceptors (Lipinski definition) is 2. The molecule has 3 heteroatoms. The summed E-state index contributed by atoms with van der Waals surface area (Å²) in [6.45, 7) is 0. The molecular formula is C3H4PtS2+2. The molecule has 0 unspecified atom stereocenters. The van der Waals surface area contributed by atoms with E-state index in [1.54, 1.807) is 0 Å². The van der Waals surface area contributed by atoms with Gasteiger partial charge in [-0.05, 0) is 5.41 Å². The molecular weight excluding hydrogens is 295 g/mol. The summed E-state index contributed by atoms with van der Waals surface area (Å²) in [5, 5.41) is 2.12. The molecule has 1 aliphatic heterocycles. The molecule has 1 aliphatic rings. The molecule has 0 aliphatic carbocycles. The van der Waals surface area contributed by atoms with Crippen LogP contribution in [0.4, 0.5) is 0 Å². The molecule has 1 heterocycles. The fourth-order valence-electron chi connectivity index (χ4n) is 0.196. The monoisotopic (exact) mass is 299 g/mol. The van der Waals surface area contributed by atoms with Crippen LogP contribution in [-0.2, 0) is 21.1 Å². The van der Waals surface area contributed by atoms with E-state index in [4.69, 9.17) is 0 Å². The van der Waals surface area contributed by atoms with Gasteiger partial charge in [0.15, 0.2) is 0 Å². The molecule has 0 atom stereocenters. The molecule has 0 bridgehead atoms. The fourth-order valence-corrected chi connectivity index (χ4v) is 1.77. The second-order valence-corrected chi connectivity index (χ2v) is 3.07. The Labute approximate surface area is 59.8 Å². The largest absolute Gasteiger partial charge is 2.00 e. The third-order valence-electron chi connectivity index (χ3n) is 0.384. The third-order valence-corrected chi connectivity index (χ3v) is 2.30. The van der Waals surface area contributed by atoms with E-state index >= 15 is 0 Å². The molecule has 0 aromatic heterocycles. The van der Waals surface area contributed by atoms with E-state index in [1.807, 2.05) is 21.6 Å². The van der Waals surface area contributed by atoms with Crippen LogP contribution in [0.1, 0.15) is 0 Å². The van der Waals surface area contributed by atoms with Gasteiger partial charge in [0.25, 0.3) is 0 Å². The first kappa shape index (κ1) is 7.13. The molecule has 0 saturated carbocycles. The van der Waals surface area contributed by atoms with E-state index in [-0.39, 0.29) is 21.1 Å². The third kappa shape index (κ3) is 2.33. The minimum atomic E-state index is 0. The van der Waals surface area contributed by atoms with Crippen LogP contribution < -0.4 is 0 Å². The summed E-state index contributed by atoms with van der Waals surface area (Å²) in [4.78, 5) is 0. The van der Waals surface area contributed by atoms with Crippen molar-refractivity contribution in [1.82, 2.24) is 0 Å². The van der Waals surface area contributed by atoms with E-state index in [9.17, 15) is 0 Å². The van der Waals surface area contributed by atoms with Gasteiger partial charge in [-0.3, -0.25) is 0 Å². The topological polar surface area (TPSA) is 0 Å². The van der Waals surface area contributed by atoms with Gasteiger partial charge < -0.3 is 0 Å². The summed E-state index contributed by atoms with van der Waals surface area (Å²) < 4.78 is 0. The summed E-state index contributed by atoms with van der Waals surface area (Å²) in [7, 11) is 3.69. The Hall–Kier alpha value is 1.13. The molecule has 0 radical (unpaired) electrons. The molecule has 0 N–H and O–H groups in total. The van der Waals surface area contributed by atoms with Crippen molar-refractivity contribution in [3.8, 4) is 0 Å². The molecule has 0 fully saturated rings. The van der Waals surface area contributed by atoms with Gasteiger partial charge in [0.2, 0.25) is 0 Å². The van der Waals surface area contributed by atoms with E-state index in [1.165, 1.54) is 5.75 Å². The summed E-state index contributed by atoms with van der Waals surface area (Å²) in [6.07, 6.45) is 2.16. The molecule has 36 valence electrons. The minimum absolute atomic E-state index is 0. The van der Waals surface area contributed by atoms with Crippen molar-refractivity contribution in [3.05, 3.63) is 11.5 Å². The Kier molecular flexibility index (Phi) is 5.10. The van der Waals surface area contributed by atoms with Crippen LogP contribution >= 0.6 is 21.6 Å². The van der Waals surface area contributed by atoms with E-state index in [0.717, 1.165) is 0 Å². The SMILES string of the molecule is C1=CSSC1.[Pt+2]. The molecule has 6 heavy (non-hydrogen) atoms. The quantitative estimate of drug-likeness (QED) is 0.627. The van der Waals surface area contributed by atoms with Gasteiger partial charge in [0, 0.05) is 5.75 Å². The molecule has 1 rings (SSSR count). The van der Waals surface area contributed by atoms with Crippen LogP contribution in [0.15, 0.2) is 11.5 Å². The first-order chi connectivity index (χ1) is 2.50. The van der Waals surface area contributed by atoms with Crippen molar-refractivity contribution in [2.24, 2.45) is 0 Å². The van der Waals surface area contributed by atoms with E-state index in [0.29, 0.717) is 0 Å². The second-order valence-electron chi connectivity index (χ2n) is 0.753. The van der Waals surface area contributed by atoms with Gasteiger partial charge in [-0.1, -0.05) is 27.7 Å². The van der Waals surface area contributed by atoms with Gasteiger partial charge in [-0.15, -0.1) is 0 Å². The fraction of sp³-hybridized carbons (Fsp3) is 0.333. The van der Waals surface area contributed by atoms with Crippen LogP contribution in [0, 0.1) is 0 Å². The van der Waals surface area contributed by atoms with Crippen molar-refractivity contribution in [2.75, 3.05) is 5.75 Å². The van der Waals surface area contributed by atoms with Crippen LogP contribution in [0.2, 0.25) is 0 Å². The van der Waals surface area contributed by atoms with Crippen LogP contribution in [0.3, 0.4) is 0 Å². The van der Waals surface area contributed by atoms with Gasteiger partial charge in [-0.25, -0.2) is 0 Å². The zero-order chi connectivity index (χ0) is 3.54. The first-order valence-electron chi connectivity index (χ1n) is 1.43. The van der Waals surface area contributed by atoms with Gasteiger partial charge in [-0.2, -0.15) is 0 Å². The van der Waals surface area contributed by atoms with Crippen molar-refractivity contribution in [2.45, 2.75) is 0 Å². The van der Waals surface area contributed by atoms with Crippen molar-refractivity contribution < 1.29 is 21.1 Å². The maximum Gasteiger partial charge on any atom is 2.00 e. The predicted molar refractivity (Wildman–Crippen MR) is 29.2 cm³/mol. The molecule has 0 aromatic rings. The normalized spacial score (nSPS) is 17.3. The van der Waals surface area contributed by atoms with Gasteiger partial charge >= 0.3 is 21.1 Å². The van der Waals surface area contributed by atoms with Gasteiger partial charge in [0.1, 0.15) is 0 Å². The average Bonchev–Trinajstić information content (AvgIpc) is 1.76. The van der Waals surface area contributed by atoms with Crippen LogP contribution in [0.5, 0.6) is 0 Å². The molecule has 0 spiro atoms. The van der Waals surface area contributed by atoms with Gasteiger partial charge in [0.05, 0.1) is 0 Å². The van der Waals surface area contributed by atoms with Crippen molar-refractivity contribution in [1.29, 1.82) is 0 Å². The Morgan fingerprint density at radius 2 is 2.33 bits per heavy atom. The molecule has 0 amide bonds. The Morgan fingerprint density at radius 1 is 1.50 bits per heavy atom. The molecule has 0 nitrogen and oxygen atoms in total. The second kappa shape index (κ2) is 4.29. The smallest absolute Gasteiger partial charge is 0.0854 e. The molecule has 0 saturated heterocycles. The van der Waals surface area contributed by atoms with Crippen LogP contribution in [0.25, 0.3) is 0 Å². The maximum atomic E-state index is 2.16. The predicted octanol–water partition coefficient (Wildman–Crippen LogP) is 1.89. The van der Waals surface area contributed by atoms with E-state index < -0.39 is 0 Å². The Bertz CT molecular complexity index is 46.8. The zero-order valence-corrected chi connectivity index (χ0v) is 6.90. The van der Waals surface area contributed by atoms with Crippen LogP contribution in [-0.4, -0.2) is 5.75 Å². The minimum Gasteiger partial charge on any atom is -0.0854 e. The molecule has 0 aromatic carbocycles. The maximum absolute atomic E-state index is 2.16. The summed E-state index contributed by atoms with van der Waals surface area (Å²) in [5.74, 6) is 1.20. The summed E-state index contributed by atoms with van der Waals surface area (Å²) in [5.41, 5.74) is 0. The average molecular weight is 299 g/mol. The summed E-state index contributed by atoms with van der Waals surface area (Å²) >= 11 is 0. The van der Waals surface area contributed by atoms with E-state index in [2.05, 4.69) is 11.5 Å². The number of hydrogen-bond donors (Lipinski definition) is 0. The Balaban J connectivity index is 0.000000250. The first-order valence-corrected chi connectivity index (χ1v) is 3.81. The Morgan fingerprint density at radius 3 is 2.50 bits per heavy atom. The summed E-state index contributed by atoms with van der Waals surface area (Å²) in [6, 6.07) is 0. The standard InChI is InChI=1S/C3H4S2.Pt/c1-2-4-5-3-1;/h1-2H,3H2;/q;+2. The zero-order valence-electron chi connectivity index (χ0n) is 2.99. The number of rotatable bonds is 0.